The predicted molar refractivity (Wildman–Crippen MR) is 97.5 cm³/mol. The van der Waals surface area contributed by atoms with Crippen LogP contribution in [0, 0.1) is 0 Å². The van der Waals surface area contributed by atoms with Gasteiger partial charge in [0.25, 0.3) is 5.56 Å². The summed E-state index contributed by atoms with van der Waals surface area (Å²) in [4.78, 5) is 19.0. The Morgan fingerprint density at radius 2 is 2.08 bits per heavy atom. The minimum absolute atomic E-state index is 0.0849. The second kappa shape index (κ2) is 5.93. The zero-order valence-electron chi connectivity index (χ0n) is 14.1. The van der Waals surface area contributed by atoms with E-state index in [1.54, 1.807) is 11.8 Å². The van der Waals surface area contributed by atoms with Crippen molar-refractivity contribution < 1.29 is 0 Å². The molecule has 6 heteroatoms. The van der Waals surface area contributed by atoms with Crippen molar-refractivity contribution >= 4 is 17.6 Å². The average Bonchev–Trinajstić information content (AvgIpc) is 2.88. The fourth-order valence-corrected chi connectivity index (χ4v) is 4.44. The first kappa shape index (κ1) is 15.7. The normalized spacial score (nSPS) is 18.8. The molecule has 2 aliphatic rings. The molecule has 24 heavy (non-hydrogen) atoms. The van der Waals surface area contributed by atoms with Gasteiger partial charge >= 0.3 is 0 Å². The molecule has 1 aromatic heterocycles. The number of benzene rings is 1. The fraction of sp³-hybridized carbons (Fsp3) is 0.444. The van der Waals surface area contributed by atoms with Gasteiger partial charge in [-0.3, -0.25) is 9.69 Å². The summed E-state index contributed by atoms with van der Waals surface area (Å²) < 4.78 is 2.27. The van der Waals surface area contributed by atoms with Crippen molar-refractivity contribution in [2.24, 2.45) is 0 Å². The molecule has 0 aliphatic carbocycles. The van der Waals surface area contributed by atoms with Crippen LogP contribution in [-0.4, -0.2) is 32.4 Å². The molecule has 1 aromatic carbocycles. The summed E-state index contributed by atoms with van der Waals surface area (Å²) in [5, 5.41) is 4.31. The minimum atomic E-state index is -0.0849. The Kier molecular flexibility index (Phi) is 3.89. The van der Waals surface area contributed by atoms with E-state index in [2.05, 4.69) is 57.9 Å². The molecular formula is C18H22N4OS. The fourth-order valence-electron chi connectivity index (χ4n) is 3.36. The first-order chi connectivity index (χ1) is 11.5. The second-order valence-electron chi connectivity index (χ2n) is 7.10. The number of nitrogens with zero attached hydrogens (tertiary/aromatic N) is 3. The van der Waals surface area contributed by atoms with Crippen LogP contribution in [0.4, 0.5) is 5.82 Å². The molecule has 0 unspecified atom stereocenters. The maximum Gasteiger partial charge on any atom is 0.280 e. The highest BCUT2D eigenvalue weighted by Gasteiger charge is 2.34. The van der Waals surface area contributed by atoms with Crippen LogP contribution in [0.3, 0.4) is 0 Å². The van der Waals surface area contributed by atoms with Crippen LogP contribution in [0.2, 0.25) is 0 Å². The predicted octanol–water partition coefficient (Wildman–Crippen LogP) is 2.56. The quantitative estimate of drug-likeness (QED) is 0.869. The number of hydrogen-bond acceptors (Lipinski definition) is 5. The molecule has 1 N–H and O–H groups in total. The molecule has 0 saturated carbocycles. The molecule has 5 nitrogen and oxygen atoms in total. The number of aromatic nitrogens is 2. The lowest BCUT2D eigenvalue weighted by Crippen LogP contribution is -2.40. The van der Waals surface area contributed by atoms with Gasteiger partial charge in [0, 0.05) is 24.4 Å². The van der Waals surface area contributed by atoms with Crippen molar-refractivity contribution in [3.63, 3.8) is 0 Å². The lowest BCUT2D eigenvalue weighted by atomic mass is 10.1. The van der Waals surface area contributed by atoms with Crippen LogP contribution in [0.5, 0.6) is 0 Å². The van der Waals surface area contributed by atoms with Gasteiger partial charge in [0.15, 0.2) is 5.16 Å². The smallest absolute Gasteiger partial charge is 0.280 e. The summed E-state index contributed by atoms with van der Waals surface area (Å²) in [5.74, 6) is 0.971. The summed E-state index contributed by atoms with van der Waals surface area (Å²) in [5.41, 5.74) is 2.04. The van der Waals surface area contributed by atoms with Crippen molar-refractivity contribution in [2.45, 2.75) is 43.3 Å². The molecule has 0 amide bonds. The maximum atomic E-state index is 12.4. The van der Waals surface area contributed by atoms with Crippen molar-refractivity contribution in [1.29, 1.82) is 0 Å². The molecule has 0 bridgehead atoms. The van der Waals surface area contributed by atoms with Crippen molar-refractivity contribution in [2.75, 3.05) is 18.5 Å². The highest BCUT2D eigenvalue weighted by atomic mass is 32.2. The molecular weight excluding hydrogens is 320 g/mol. The maximum absolute atomic E-state index is 12.4. The first-order valence-corrected chi connectivity index (χ1v) is 9.16. The monoisotopic (exact) mass is 342 g/mol. The van der Waals surface area contributed by atoms with E-state index in [9.17, 15) is 4.79 Å². The van der Waals surface area contributed by atoms with Crippen molar-refractivity contribution in [1.82, 2.24) is 14.5 Å². The summed E-state index contributed by atoms with van der Waals surface area (Å²) in [6, 6.07) is 10.5. The van der Waals surface area contributed by atoms with Crippen LogP contribution in [0.1, 0.15) is 25.0 Å². The molecule has 0 fully saturated rings. The van der Waals surface area contributed by atoms with E-state index in [4.69, 9.17) is 0 Å². The van der Waals surface area contributed by atoms with Gasteiger partial charge in [-0.15, -0.1) is 0 Å². The van der Waals surface area contributed by atoms with Gasteiger partial charge in [-0.25, -0.2) is 0 Å². The molecule has 0 saturated heterocycles. The lowest BCUT2D eigenvalue weighted by molar-refractivity contribution is 0.273. The first-order valence-electron chi connectivity index (χ1n) is 8.35. The number of thioether (sulfide) groups is 1. The molecule has 2 aromatic rings. The number of nitrogens with one attached hydrogen (secondary N) is 1. The van der Waals surface area contributed by atoms with E-state index >= 15 is 0 Å². The van der Waals surface area contributed by atoms with Gasteiger partial charge in [-0.2, -0.15) is 4.98 Å². The highest BCUT2D eigenvalue weighted by Crippen LogP contribution is 2.41. The molecule has 0 radical (unpaired) electrons. The molecule has 4 rings (SSSR count). The Balaban J connectivity index is 1.53. The Bertz CT molecular complexity index is 816. The van der Waals surface area contributed by atoms with E-state index < -0.39 is 0 Å². The van der Waals surface area contributed by atoms with E-state index in [0.717, 1.165) is 42.7 Å². The van der Waals surface area contributed by atoms with Crippen molar-refractivity contribution in [3.8, 4) is 0 Å². The van der Waals surface area contributed by atoms with Gasteiger partial charge in [-0.05, 0) is 25.8 Å². The third kappa shape index (κ3) is 2.96. The van der Waals surface area contributed by atoms with Crippen LogP contribution in [0.15, 0.2) is 40.3 Å². The van der Waals surface area contributed by atoms with Crippen LogP contribution in [0.25, 0.3) is 0 Å². The summed E-state index contributed by atoms with van der Waals surface area (Å²) in [7, 11) is 0. The summed E-state index contributed by atoms with van der Waals surface area (Å²) in [6.45, 7) is 7.65. The summed E-state index contributed by atoms with van der Waals surface area (Å²) in [6.07, 6.45) is 0.987. The van der Waals surface area contributed by atoms with Crippen molar-refractivity contribution in [3.05, 3.63) is 51.8 Å². The van der Waals surface area contributed by atoms with E-state index in [1.165, 1.54) is 5.56 Å². The van der Waals surface area contributed by atoms with Gasteiger partial charge < -0.3 is 9.88 Å². The van der Waals surface area contributed by atoms with E-state index in [-0.39, 0.29) is 10.3 Å². The topological polar surface area (TPSA) is 50.2 Å². The molecule has 0 atom stereocenters. The Morgan fingerprint density at radius 3 is 2.88 bits per heavy atom. The Hall–Kier alpha value is -1.79. The van der Waals surface area contributed by atoms with Gasteiger partial charge in [0.2, 0.25) is 0 Å². The molecule has 0 spiro atoms. The number of rotatable bonds is 3. The van der Waals surface area contributed by atoms with Crippen LogP contribution < -0.4 is 10.9 Å². The standard InChI is InChI=1S/C18H22N4OS/c1-18(2)11-22-15-14(16(23)20-17(22)24-18)10-21(12-19-15)9-8-13-6-4-3-5-7-13/h3-7,19H,8-12H2,1-2H3. The molecule has 126 valence electrons. The zero-order valence-corrected chi connectivity index (χ0v) is 14.9. The molecule has 2 aliphatic heterocycles. The highest BCUT2D eigenvalue weighted by molar-refractivity contribution is 8.00. The Labute approximate surface area is 146 Å². The molecule has 3 heterocycles. The summed E-state index contributed by atoms with van der Waals surface area (Å²) >= 11 is 1.69. The number of fused-ring (bicyclic) bond motifs is 3. The number of hydrogen-bond donors (Lipinski definition) is 1. The largest absolute Gasteiger partial charge is 0.358 e. The van der Waals surface area contributed by atoms with Gasteiger partial charge in [-0.1, -0.05) is 42.1 Å². The van der Waals surface area contributed by atoms with Gasteiger partial charge in [0.1, 0.15) is 5.82 Å². The van der Waals surface area contributed by atoms with Gasteiger partial charge in [0.05, 0.1) is 12.2 Å². The van der Waals surface area contributed by atoms with E-state index in [0.29, 0.717) is 6.54 Å². The van der Waals surface area contributed by atoms with Crippen LogP contribution >= 0.6 is 11.8 Å². The number of anilines is 1. The minimum Gasteiger partial charge on any atom is -0.358 e. The average molecular weight is 342 g/mol. The third-order valence-corrected chi connectivity index (χ3v) is 5.74. The van der Waals surface area contributed by atoms with E-state index in [1.807, 2.05) is 6.07 Å². The SMILES string of the molecule is CC1(C)Cn2c(nc(=O)c3c2NCN(CCc2ccccc2)C3)S1. The third-order valence-electron chi connectivity index (χ3n) is 4.56. The lowest BCUT2D eigenvalue weighted by Gasteiger charge is -2.30. The van der Waals surface area contributed by atoms with Crippen LogP contribution in [-0.2, 0) is 19.5 Å². The Morgan fingerprint density at radius 1 is 1.29 bits per heavy atom. The zero-order chi connectivity index (χ0) is 16.7. The second-order valence-corrected chi connectivity index (χ2v) is 8.77.